The third-order valence-electron chi connectivity index (χ3n) is 2.53. The maximum absolute atomic E-state index is 11.9. The fraction of sp³-hybridized carbons (Fsp3) is 0.0667. The second-order valence-corrected chi connectivity index (χ2v) is 5.07. The number of hydrogen-bond donors (Lipinski definition) is 0. The van der Waals surface area contributed by atoms with Gasteiger partial charge in [-0.05, 0) is 46.9 Å². The molecule has 0 saturated carbocycles. The Bertz CT molecular complexity index is 629. The molecule has 0 radical (unpaired) electrons. The van der Waals surface area contributed by atoms with Gasteiger partial charge in [-0.3, -0.25) is 4.79 Å². The summed E-state index contributed by atoms with van der Waals surface area (Å²) in [6.07, 6.45) is 0. The van der Waals surface area contributed by atoms with E-state index >= 15 is 0 Å². The van der Waals surface area contributed by atoms with Crippen LogP contribution in [-0.4, -0.2) is 12.4 Å². The third-order valence-corrected chi connectivity index (χ3v) is 3.25. The number of Topliss-reactive ketones (excluding diaryl/α,β-unsaturated/α-hetero) is 1. The van der Waals surface area contributed by atoms with Crippen molar-refractivity contribution in [3.63, 3.8) is 0 Å². The highest BCUT2D eigenvalue weighted by atomic mass is 127. The van der Waals surface area contributed by atoms with Crippen molar-refractivity contribution in [1.82, 2.24) is 0 Å². The first-order valence-corrected chi connectivity index (χ1v) is 6.69. The molecule has 0 unspecified atom stereocenters. The van der Waals surface area contributed by atoms with E-state index in [9.17, 15) is 4.79 Å². The summed E-state index contributed by atoms with van der Waals surface area (Å²) >= 11 is 2.18. The topological polar surface area (TPSA) is 50.1 Å². The first kappa shape index (κ1) is 13.6. The number of para-hydroxylation sites is 1. The zero-order valence-electron chi connectivity index (χ0n) is 9.97. The summed E-state index contributed by atoms with van der Waals surface area (Å²) in [4.78, 5) is 11.9. The second-order valence-electron chi connectivity index (χ2n) is 3.83. The van der Waals surface area contributed by atoms with Gasteiger partial charge in [0.25, 0.3) is 0 Å². The van der Waals surface area contributed by atoms with E-state index in [2.05, 4.69) is 22.6 Å². The lowest BCUT2D eigenvalue weighted by atomic mass is 10.1. The van der Waals surface area contributed by atoms with Crippen molar-refractivity contribution in [1.29, 1.82) is 5.26 Å². The molecule has 2 aromatic carbocycles. The monoisotopic (exact) mass is 363 g/mol. The number of hydrogen-bond acceptors (Lipinski definition) is 3. The van der Waals surface area contributed by atoms with Crippen LogP contribution in [0.3, 0.4) is 0 Å². The molecule has 0 aliphatic heterocycles. The van der Waals surface area contributed by atoms with Gasteiger partial charge in [0.2, 0.25) is 0 Å². The molecular weight excluding hydrogens is 353 g/mol. The fourth-order valence-corrected chi connectivity index (χ4v) is 1.91. The summed E-state index contributed by atoms with van der Waals surface area (Å²) in [5.41, 5.74) is 1.03. The lowest BCUT2D eigenvalue weighted by Crippen LogP contribution is -2.12. The molecule has 0 heterocycles. The maximum atomic E-state index is 11.9. The van der Waals surface area contributed by atoms with Gasteiger partial charge in [0.1, 0.15) is 11.8 Å². The minimum Gasteiger partial charge on any atom is -0.484 e. The van der Waals surface area contributed by atoms with Gasteiger partial charge in [0.15, 0.2) is 12.4 Å². The van der Waals surface area contributed by atoms with Crippen LogP contribution in [0.1, 0.15) is 15.9 Å². The molecule has 0 bridgehead atoms. The van der Waals surface area contributed by atoms with E-state index in [1.807, 2.05) is 18.2 Å². The van der Waals surface area contributed by atoms with Gasteiger partial charge in [-0.15, -0.1) is 0 Å². The normalized spacial score (nSPS) is 9.68. The van der Waals surface area contributed by atoms with Crippen LogP contribution in [0.25, 0.3) is 0 Å². The predicted octanol–water partition coefficient (Wildman–Crippen LogP) is 3.42. The Hall–Kier alpha value is -1.87. The van der Waals surface area contributed by atoms with Crippen LogP contribution < -0.4 is 4.74 Å². The van der Waals surface area contributed by atoms with Crippen molar-refractivity contribution in [3.8, 4) is 11.8 Å². The Morgan fingerprint density at radius 3 is 2.53 bits per heavy atom. The molecule has 0 saturated heterocycles. The Kier molecular flexibility index (Phi) is 4.53. The van der Waals surface area contributed by atoms with Gasteiger partial charge >= 0.3 is 0 Å². The summed E-state index contributed by atoms with van der Waals surface area (Å²) in [5, 5.41) is 8.92. The Morgan fingerprint density at radius 1 is 1.16 bits per heavy atom. The Morgan fingerprint density at radius 2 is 1.84 bits per heavy atom. The first-order valence-electron chi connectivity index (χ1n) is 5.61. The number of carbonyl (C=O) groups is 1. The van der Waals surface area contributed by atoms with Gasteiger partial charge in [-0.2, -0.15) is 5.26 Å². The zero-order chi connectivity index (χ0) is 13.7. The average molecular weight is 363 g/mol. The molecule has 0 atom stereocenters. The lowest BCUT2D eigenvalue weighted by Gasteiger charge is -2.06. The number of nitriles is 1. The molecule has 19 heavy (non-hydrogen) atoms. The molecular formula is C15H10INO2. The SMILES string of the molecule is N#Cc1ccccc1OCC(=O)c1ccc(I)cc1. The van der Waals surface area contributed by atoms with E-state index in [0.717, 1.165) is 3.57 Å². The molecule has 0 aliphatic carbocycles. The van der Waals surface area contributed by atoms with Crippen LogP contribution in [0.5, 0.6) is 5.75 Å². The summed E-state index contributed by atoms with van der Waals surface area (Å²) < 4.78 is 6.47. The molecule has 4 heteroatoms. The van der Waals surface area contributed by atoms with Crippen molar-refractivity contribution >= 4 is 28.4 Å². The van der Waals surface area contributed by atoms with Gasteiger partial charge in [0, 0.05) is 9.13 Å². The zero-order valence-corrected chi connectivity index (χ0v) is 12.1. The number of ketones is 1. The number of halogens is 1. The molecule has 0 spiro atoms. The Balaban J connectivity index is 2.05. The molecule has 0 aliphatic rings. The fourth-order valence-electron chi connectivity index (χ4n) is 1.55. The third kappa shape index (κ3) is 3.55. The maximum Gasteiger partial charge on any atom is 0.200 e. The van der Waals surface area contributed by atoms with E-state index in [4.69, 9.17) is 10.00 Å². The molecule has 2 aromatic rings. The van der Waals surface area contributed by atoms with E-state index in [1.165, 1.54) is 0 Å². The second kappa shape index (κ2) is 6.34. The van der Waals surface area contributed by atoms with Crippen molar-refractivity contribution in [3.05, 3.63) is 63.2 Å². The summed E-state index contributed by atoms with van der Waals surface area (Å²) in [6.45, 7) is -0.0702. The van der Waals surface area contributed by atoms with Crippen molar-refractivity contribution in [2.75, 3.05) is 6.61 Å². The quantitative estimate of drug-likeness (QED) is 0.618. The summed E-state index contributed by atoms with van der Waals surface area (Å²) in [6, 6.07) is 16.2. The number of nitrogens with zero attached hydrogens (tertiary/aromatic N) is 1. The van der Waals surface area contributed by atoms with Crippen molar-refractivity contribution in [2.45, 2.75) is 0 Å². The minimum absolute atomic E-state index is 0.0702. The lowest BCUT2D eigenvalue weighted by molar-refractivity contribution is 0.0921. The Labute approximate surface area is 125 Å². The van der Waals surface area contributed by atoms with Crippen LogP contribution in [0.4, 0.5) is 0 Å². The summed E-state index contributed by atoms with van der Waals surface area (Å²) in [7, 11) is 0. The van der Waals surface area contributed by atoms with E-state index in [-0.39, 0.29) is 12.4 Å². The molecule has 0 N–H and O–H groups in total. The van der Waals surface area contributed by atoms with Crippen LogP contribution in [0.2, 0.25) is 0 Å². The van der Waals surface area contributed by atoms with Gasteiger partial charge < -0.3 is 4.74 Å². The summed E-state index contributed by atoms with van der Waals surface area (Å²) in [5.74, 6) is 0.327. The van der Waals surface area contributed by atoms with Gasteiger partial charge in [-0.1, -0.05) is 24.3 Å². The highest BCUT2D eigenvalue weighted by Gasteiger charge is 2.08. The number of benzene rings is 2. The number of ether oxygens (including phenoxy) is 1. The molecule has 0 fully saturated rings. The minimum atomic E-state index is -0.107. The van der Waals surface area contributed by atoms with Gasteiger partial charge in [-0.25, -0.2) is 0 Å². The molecule has 3 nitrogen and oxygen atoms in total. The molecule has 94 valence electrons. The van der Waals surface area contributed by atoms with Crippen LogP contribution >= 0.6 is 22.6 Å². The van der Waals surface area contributed by atoms with Crippen LogP contribution in [-0.2, 0) is 0 Å². The number of carbonyl (C=O) groups excluding carboxylic acids is 1. The smallest absolute Gasteiger partial charge is 0.200 e. The molecule has 0 amide bonds. The highest BCUT2D eigenvalue weighted by molar-refractivity contribution is 14.1. The average Bonchev–Trinajstić information content (AvgIpc) is 2.45. The standard InChI is InChI=1S/C15H10INO2/c16-13-7-5-11(6-8-13)14(18)10-19-15-4-2-1-3-12(15)9-17/h1-8H,10H2. The van der Waals surface area contributed by atoms with E-state index < -0.39 is 0 Å². The molecule has 0 aromatic heterocycles. The number of rotatable bonds is 4. The highest BCUT2D eigenvalue weighted by Crippen LogP contribution is 2.17. The van der Waals surface area contributed by atoms with Crippen LogP contribution in [0.15, 0.2) is 48.5 Å². The van der Waals surface area contributed by atoms with Gasteiger partial charge in [0.05, 0.1) is 5.56 Å². The van der Waals surface area contributed by atoms with Crippen molar-refractivity contribution in [2.24, 2.45) is 0 Å². The first-order chi connectivity index (χ1) is 9.20. The largest absolute Gasteiger partial charge is 0.484 e. The predicted molar refractivity (Wildman–Crippen MR) is 80.1 cm³/mol. The van der Waals surface area contributed by atoms with E-state index in [1.54, 1.807) is 36.4 Å². The van der Waals surface area contributed by atoms with E-state index in [0.29, 0.717) is 16.9 Å². The van der Waals surface area contributed by atoms with Crippen molar-refractivity contribution < 1.29 is 9.53 Å². The van der Waals surface area contributed by atoms with Crippen LogP contribution in [0, 0.1) is 14.9 Å². The molecule has 2 rings (SSSR count).